The zero-order valence-electron chi connectivity index (χ0n) is 11.0. The van der Waals surface area contributed by atoms with Crippen molar-refractivity contribution in [3.05, 3.63) is 30.3 Å². The van der Waals surface area contributed by atoms with Gasteiger partial charge >= 0.3 is 5.97 Å². The lowest BCUT2D eigenvalue weighted by Gasteiger charge is -2.24. The van der Waals surface area contributed by atoms with Crippen LogP contribution in [0.2, 0.25) is 0 Å². The third-order valence-corrected chi connectivity index (χ3v) is 5.35. The first-order chi connectivity index (χ1) is 9.62. The van der Waals surface area contributed by atoms with Gasteiger partial charge < -0.3 is 10.4 Å². The molecule has 1 amide bonds. The molecule has 0 spiro atoms. The molecule has 1 aliphatic rings. The number of rotatable bonds is 6. The first-order valence-corrected chi connectivity index (χ1v) is 8.56. The van der Waals surface area contributed by atoms with E-state index in [1.165, 1.54) is 0 Å². The zero-order valence-corrected chi connectivity index (χ0v) is 12.6. The van der Waals surface area contributed by atoms with Crippen LogP contribution in [0.3, 0.4) is 0 Å². The summed E-state index contributed by atoms with van der Waals surface area (Å²) < 4.78 is 0. The molecule has 1 atom stereocenters. The van der Waals surface area contributed by atoms with E-state index in [0.29, 0.717) is 24.3 Å². The second-order valence-corrected chi connectivity index (χ2v) is 6.92. The van der Waals surface area contributed by atoms with E-state index in [1.54, 1.807) is 23.5 Å². The minimum atomic E-state index is -1.06. The number of carboxylic acid groups (broad SMARTS) is 1. The summed E-state index contributed by atoms with van der Waals surface area (Å²) in [6.45, 7) is 0. The van der Waals surface area contributed by atoms with Crippen molar-refractivity contribution in [1.82, 2.24) is 5.32 Å². The Hall–Kier alpha value is -1.14. The standard InChI is InChI=1S/C14H17NO3S2/c16-12(6-8-20-11-4-2-1-3-5-11)15-14(13(17)18)7-9-19-10-14/h1-5H,6-10H2,(H,15,16)(H,17,18). The lowest BCUT2D eigenvalue weighted by Crippen LogP contribution is -2.54. The second kappa shape index (κ2) is 7.04. The zero-order chi connectivity index (χ0) is 14.4. The topological polar surface area (TPSA) is 66.4 Å². The number of carbonyl (C=O) groups excluding carboxylic acids is 1. The van der Waals surface area contributed by atoms with Crippen molar-refractivity contribution in [1.29, 1.82) is 0 Å². The van der Waals surface area contributed by atoms with Crippen LogP contribution >= 0.6 is 23.5 Å². The summed E-state index contributed by atoms with van der Waals surface area (Å²) in [5.74, 6) is 0.786. The lowest BCUT2D eigenvalue weighted by atomic mass is 9.99. The first kappa shape index (κ1) is 15.3. The summed E-state index contributed by atoms with van der Waals surface area (Å²) in [6, 6.07) is 9.85. The van der Waals surface area contributed by atoms with Gasteiger partial charge in [-0.2, -0.15) is 11.8 Å². The number of thioether (sulfide) groups is 2. The number of amides is 1. The summed E-state index contributed by atoms with van der Waals surface area (Å²) in [6.07, 6.45) is 0.837. The van der Waals surface area contributed by atoms with Gasteiger partial charge in [0.05, 0.1) is 0 Å². The number of carbonyl (C=O) groups is 2. The molecule has 1 heterocycles. The summed E-state index contributed by atoms with van der Waals surface area (Å²) in [7, 11) is 0. The number of carboxylic acids is 1. The molecule has 0 radical (unpaired) electrons. The van der Waals surface area contributed by atoms with Gasteiger partial charge in [-0.25, -0.2) is 4.79 Å². The van der Waals surface area contributed by atoms with Crippen molar-refractivity contribution in [2.24, 2.45) is 0 Å². The van der Waals surface area contributed by atoms with E-state index >= 15 is 0 Å². The highest BCUT2D eigenvalue weighted by Crippen LogP contribution is 2.28. The minimum Gasteiger partial charge on any atom is -0.479 e. The van der Waals surface area contributed by atoms with E-state index in [2.05, 4.69) is 5.32 Å². The normalized spacial score (nSPS) is 21.6. The smallest absolute Gasteiger partial charge is 0.330 e. The predicted molar refractivity (Wildman–Crippen MR) is 82.2 cm³/mol. The average molecular weight is 311 g/mol. The molecule has 1 fully saturated rings. The van der Waals surface area contributed by atoms with Crippen molar-refractivity contribution >= 4 is 35.4 Å². The fourth-order valence-electron chi connectivity index (χ4n) is 1.99. The molecule has 20 heavy (non-hydrogen) atoms. The van der Waals surface area contributed by atoms with Crippen molar-refractivity contribution in [2.45, 2.75) is 23.3 Å². The molecule has 0 bridgehead atoms. The van der Waals surface area contributed by atoms with E-state index in [4.69, 9.17) is 0 Å². The van der Waals surface area contributed by atoms with Crippen molar-refractivity contribution in [3.8, 4) is 0 Å². The van der Waals surface area contributed by atoms with Gasteiger partial charge in [0.2, 0.25) is 5.91 Å². The Bertz CT molecular complexity index is 473. The van der Waals surface area contributed by atoms with Crippen molar-refractivity contribution in [3.63, 3.8) is 0 Å². The van der Waals surface area contributed by atoms with Gasteiger partial charge in [-0.15, -0.1) is 11.8 Å². The summed E-state index contributed by atoms with van der Waals surface area (Å²) in [5.41, 5.74) is -1.06. The van der Waals surface area contributed by atoms with Crippen LogP contribution in [0.1, 0.15) is 12.8 Å². The molecule has 2 N–H and O–H groups in total. The fraction of sp³-hybridized carbons (Fsp3) is 0.429. The molecule has 2 rings (SSSR count). The summed E-state index contributed by atoms with van der Waals surface area (Å²) >= 11 is 3.17. The van der Waals surface area contributed by atoms with Gasteiger partial charge in [-0.3, -0.25) is 4.79 Å². The highest BCUT2D eigenvalue weighted by Gasteiger charge is 2.43. The minimum absolute atomic E-state index is 0.182. The molecule has 0 aromatic heterocycles. The molecule has 6 heteroatoms. The first-order valence-electron chi connectivity index (χ1n) is 6.42. The van der Waals surface area contributed by atoms with Crippen molar-refractivity contribution < 1.29 is 14.7 Å². The Morgan fingerprint density at radius 1 is 1.35 bits per heavy atom. The quantitative estimate of drug-likeness (QED) is 0.789. The molecule has 1 aromatic rings. The third-order valence-electron chi connectivity index (χ3n) is 3.15. The molecule has 0 aliphatic carbocycles. The van der Waals surface area contributed by atoms with Crippen LogP contribution in [0.4, 0.5) is 0 Å². The van der Waals surface area contributed by atoms with Crippen molar-refractivity contribution in [2.75, 3.05) is 17.3 Å². The van der Waals surface area contributed by atoms with E-state index in [9.17, 15) is 14.7 Å². The van der Waals surface area contributed by atoms with Crippen LogP contribution in [0.25, 0.3) is 0 Å². The Kier molecular flexibility index (Phi) is 5.37. The summed E-state index contributed by atoms with van der Waals surface area (Å²) in [4.78, 5) is 24.3. The lowest BCUT2D eigenvalue weighted by molar-refractivity contribution is -0.146. The largest absolute Gasteiger partial charge is 0.479 e. The van der Waals surface area contributed by atoms with Crippen LogP contribution in [-0.4, -0.2) is 39.8 Å². The van der Waals surface area contributed by atoms with Crippen LogP contribution in [0, 0.1) is 0 Å². The fourth-order valence-corrected chi connectivity index (χ4v) is 4.19. The van der Waals surface area contributed by atoms with E-state index in [-0.39, 0.29) is 5.91 Å². The van der Waals surface area contributed by atoms with Crippen LogP contribution in [-0.2, 0) is 9.59 Å². The number of benzene rings is 1. The molecular formula is C14H17NO3S2. The van der Waals surface area contributed by atoms with Gasteiger partial charge in [-0.1, -0.05) is 18.2 Å². The Balaban J connectivity index is 1.79. The molecular weight excluding hydrogens is 294 g/mol. The number of aliphatic carboxylic acids is 1. The number of hydrogen-bond donors (Lipinski definition) is 2. The second-order valence-electron chi connectivity index (χ2n) is 4.65. The SMILES string of the molecule is O=C(CCSc1ccccc1)NC1(C(=O)O)CCSC1. The third kappa shape index (κ3) is 3.93. The van der Waals surface area contributed by atoms with Gasteiger partial charge in [0, 0.05) is 22.8 Å². The maximum absolute atomic E-state index is 11.9. The van der Waals surface area contributed by atoms with Gasteiger partial charge in [0.15, 0.2) is 0 Å². The molecule has 1 saturated heterocycles. The Morgan fingerprint density at radius 2 is 2.10 bits per heavy atom. The van der Waals surface area contributed by atoms with E-state index < -0.39 is 11.5 Å². The van der Waals surface area contributed by atoms with Gasteiger partial charge in [0.1, 0.15) is 5.54 Å². The van der Waals surface area contributed by atoms with E-state index in [0.717, 1.165) is 10.6 Å². The molecule has 1 aromatic carbocycles. The molecule has 0 saturated carbocycles. The average Bonchev–Trinajstić information content (AvgIpc) is 2.90. The van der Waals surface area contributed by atoms with Crippen LogP contribution in [0.15, 0.2) is 35.2 Å². The number of nitrogens with one attached hydrogen (secondary N) is 1. The highest BCUT2D eigenvalue weighted by molar-refractivity contribution is 7.99. The number of hydrogen-bond acceptors (Lipinski definition) is 4. The Labute approximate surface area is 126 Å². The summed E-state index contributed by atoms with van der Waals surface area (Å²) in [5, 5.41) is 12.0. The molecule has 108 valence electrons. The monoisotopic (exact) mass is 311 g/mol. The van der Waals surface area contributed by atoms with Gasteiger partial charge in [0.25, 0.3) is 0 Å². The Morgan fingerprint density at radius 3 is 2.70 bits per heavy atom. The molecule has 1 aliphatic heterocycles. The maximum Gasteiger partial charge on any atom is 0.330 e. The van der Waals surface area contributed by atoms with Gasteiger partial charge in [-0.05, 0) is 24.3 Å². The van der Waals surface area contributed by atoms with Crippen LogP contribution < -0.4 is 5.32 Å². The van der Waals surface area contributed by atoms with Crippen LogP contribution in [0.5, 0.6) is 0 Å². The van der Waals surface area contributed by atoms with E-state index in [1.807, 2.05) is 30.3 Å². The highest BCUT2D eigenvalue weighted by atomic mass is 32.2. The molecule has 4 nitrogen and oxygen atoms in total. The maximum atomic E-state index is 11.9. The predicted octanol–water partition coefficient (Wildman–Crippen LogP) is 2.25. The molecule has 1 unspecified atom stereocenters.